The summed E-state index contributed by atoms with van der Waals surface area (Å²) in [6, 6.07) is 9.25. The van der Waals surface area contributed by atoms with Gasteiger partial charge in [-0.2, -0.15) is 0 Å². The maximum absolute atomic E-state index is 6.15. The topological polar surface area (TPSA) is 38.5 Å². The van der Waals surface area contributed by atoms with Crippen LogP contribution in [0.5, 0.6) is 5.75 Å². The highest BCUT2D eigenvalue weighted by molar-refractivity contribution is 5.39. The smallest absolute Gasteiger partial charge is 0.122 e. The molecule has 2 heterocycles. The molecule has 2 aliphatic heterocycles. The predicted molar refractivity (Wildman–Crippen MR) is 77.5 cm³/mol. The number of ether oxygens (including phenoxy) is 1. The van der Waals surface area contributed by atoms with Gasteiger partial charge in [0.05, 0.1) is 6.61 Å². The Kier molecular flexibility index (Phi) is 3.76. The minimum atomic E-state index is 0.262. The van der Waals surface area contributed by atoms with E-state index in [2.05, 4.69) is 30.0 Å². The summed E-state index contributed by atoms with van der Waals surface area (Å²) in [6.07, 6.45) is 3.87. The lowest BCUT2D eigenvalue weighted by Gasteiger charge is -2.39. The minimum Gasteiger partial charge on any atom is -0.493 e. The number of hydrogen-bond acceptors (Lipinski definition) is 3. The van der Waals surface area contributed by atoms with E-state index in [0.29, 0.717) is 12.0 Å². The normalized spacial score (nSPS) is 28.7. The lowest BCUT2D eigenvalue weighted by Crippen LogP contribution is -2.50. The van der Waals surface area contributed by atoms with Crippen molar-refractivity contribution < 1.29 is 4.74 Å². The highest BCUT2D eigenvalue weighted by Gasteiger charge is 2.31. The Hall–Kier alpha value is -1.06. The van der Waals surface area contributed by atoms with E-state index in [4.69, 9.17) is 10.5 Å². The zero-order valence-corrected chi connectivity index (χ0v) is 11.7. The Morgan fingerprint density at radius 1 is 1.37 bits per heavy atom. The van der Waals surface area contributed by atoms with Crippen LogP contribution in [0.3, 0.4) is 0 Å². The quantitative estimate of drug-likeness (QED) is 0.906. The van der Waals surface area contributed by atoms with Crippen LogP contribution >= 0.6 is 0 Å². The Balaban J connectivity index is 1.71. The first-order chi connectivity index (χ1) is 9.25. The van der Waals surface area contributed by atoms with Gasteiger partial charge in [-0.3, -0.25) is 4.90 Å². The van der Waals surface area contributed by atoms with Crippen LogP contribution in [0.1, 0.15) is 37.7 Å². The van der Waals surface area contributed by atoms with Crippen molar-refractivity contribution in [3.63, 3.8) is 0 Å². The van der Waals surface area contributed by atoms with Gasteiger partial charge in [-0.25, -0.2) is 0 Å². The largest absolute Gasteiger partial charge is 0.493 e. The van der Waals surface area contributed by atoms with Gasteiger partial charge in [-0.05, 0) is 32.4 Å². The molecule has 0 radical (unpaired) electrons. The molecular weight excluding hydrogens is 236 g/mol. The van der Waals surface area contributed by atoms with E-state index >= 15 is 0 Å². The molecule has 3 atom stereocenters. The summed E-state index contributed by atoms with van der Waals surface area (Å²) in [5, 5.41) is 0. The van der Waals surface area contributed by atoms with Crippen LogP contribution in [0.2, 0.25) is 0 Å². The highest BCUT2D eigenvalue weighted by atomic mass is 16.5. The number of rotatable bonds is 3. The van der Waals surface area contributed by atoms with E-state index < -0.39 is 0 Å². The van der Waals surface area contributed by atoms with Crippen LogP contribution < -0.4 is 10.5 Å². The fraction of sp³-hybridized carbons (Fsp3) is 0.625. The van der Waals surface area contributed by atoms with E-state index in [1.165, 1.54) is 31.4 Å². The number of nitrogens with zero attached hydrogens (tertiary/aromatic N) is 1. The third kappa shape index (κ3) is 2.63. The molecule has 19 heavy (non-hydrogen) atoms. The average molecular weight is 260 g/mol. The van der Waals surface area contributed by atoms with E-state index in [0.717, 1.165) is 18.9 Å². The van der Waals surface area contributed by atoms with Gasteiger partial charge >= 0.3 is 0 Å². The first kappa shape index (κ1) is 12.9. The fourth-order valence-electron chi connectivity index (χ4n) is 3.50. The Labute approximate surface area is 115 Å². The van der Waals surface area contributed by atoms with Crippen molar-refractivity contribution >= 4 is 0 Å². The molecule has 3 rings (SSSR count). The second-order valence-corrected chi connectivity index (χ2v) is 5.96. The second-order valence-electron chi connectivity index (χ2n) is 5.96. The van der Waals surface area contributed by atoms with Crippen molar-refractivity contribution in [2.24, 2.45) is 5.73 Å². The molecule has 1 saturated heterocycles. The number of likely N-dealkylation sites (tertiary alicyclic amines) is 1. The van der Waals surface area contributed by atoms with Crippen molar-refractivity contribution in [1.82, 2.24) is 4.90 Å². The monoisotopic (exact) mass is 260 g/mol. The Morgan fingerprint density at radius 2 is 2.21 bits per heavy atom. The van der Waals surface area contributed by atoms with Gasteiger partial charge in [-0.15, -0.1) is 0 Å². The summed E-state index contributed by atoms with van der Waals surface area (Å²) in [4.78, 5) is 2.59. The molecule has 0 spiro atoms. The fourth-order valence-corrected chi connectivity index (χ4v) is 3.50. The molecule has 3 heteroatoms. The molecule has 3 nitrogen and oxygen atoms in total. The van der Waals surface area contributed by atoms with Gasteiger partial charge in [0.25, 0.3) is 0 Å². The molecular formula is C16H24N2O. The van der Waals surface area contributed by atoms with Gasteiger partial charge in [0.1, 0.15) is 5.75 Å². The van der Waals surface area contributed by atoms with Gasteiger partial charge in [-0.1, -0.05) is 24.6 Å². The van der Waals surface area contributed by atoms with Crippen molar-refractivity contribution in [3.8, 4) is 5.75 Å². The van der Waals surface area contributed by atoms with Crippen molar-refractivity contribution in [2.75, 3.05) is 19.7 Å². The summed E-state index contributed by atoms with van der Waals surface area (Å²) >= 11 is 0. The Morgan fingerprint density at radius 3 is 3.05 bits per heavy atom. The van der Waals surface area contributed by atoms with Crippen LogP contribution in [0, 0.1) is 0 Å². The predicted octanol–water partition coefficient (Wildman–Crippen LogP) is 2.36. The second kappa shape index (κ2) is 5.51. The summed E-state index contributed by atoms with van der Waals surface area (Å²) in [7, 11) is 0. The van der Waals surface area contributed by atoms with Crippen LogP contribution in [-0.2, 0) is 0 Å². The summed E-state index contributed by atoms with van der Waals surface area (Å²) in [5.74, 6) is 1.58. The first-order valence-electron chi connectivity index (χ1n) is 7.47. The number of nitrogens with two attached hydrogens (primary N) is 1. The van der Waals surface area contributed by atoms with E-state index in [1.807, 2.05) is 6.07 Å². The molecule has 0 aliphatic carbocycles. The molecule has 0 bridgehead atoms. The molecule has 0 saturated carbocycles. The van der Waals surface area contributed by atoms with Crippen LogP contribution in [0.25, 0.3) is 0 Å². The third-order valence-corrected chi connectivity index (χ3v) is 4.52. The molecule has 3 unspecified atom stereocenters. The van der Waals surface area contributed by atoms with Crippen molar-refractivity contribution in [2.45, 2.75) is 44.2 Å². The summed E-state index contributed by atoms with van der Waals surface area (Å²) in [5.41, 5.74) is 7.53. The molecule has 1 aromatic carbocycles. The molecule has 1 fully saturated rings. The van der Waals surface area contributed by atoms with Crippen LogP contribution in [-0.4, -0.2) is 36.7 Å². The molecule has 1 aromatic rings. The van der Waals surface area contributed by atoms with E-state index in [9.17, 15) is 0 Å². The zero-order chi connectivity index (χ0) is 13.2. The summed E-state index contributed by atoms with van der Waals surface area (Å²) < 4.78 is 5.79. The van der Waals surface area contributed by atoms with E-state index in [1.54, 1.807) is 0 Å². The molecule has 0 aromatic heterocycles. The lowest BCUT2D eigenvalue weighted by molar-refractivity contribution is 0.118. The van der Waals surface area contributed by atoms with Crippen molar-refractivity contribution in [3.05, 3.63) is 29.8 Å². The van der Waals surface area contributed by atoms with Gasteiger partial charge < -0.3 is 10.5 Å². The van der Waals surface area contributed by atoms with Crippen molar-refractivity contribution in [1.29, 1.82) is 0 Å². The maximum Gasteiger partial charge on any atom is 0.122 e. The standard InChI is InChI=1S/C16H24N2O/c1-12(17)15-7-4-5-9-18(15)10-13-11-19-16-8-3-2-6-14(13)16/h2-3,6,8,12-13,15H,4-5,7,9-11,17H2,1H3. The lowest BCUT2D eigenvalue weighted by atomic mass is 9.93. The first-order valence-corrected chi connectivity index (χ1v) is 7.47. The molecule has 2 aliphatic rings. The zero-order valence-electron chi connectivity index (χ0n) is 11.7. The highest BCUT2D eigenvalue weighted by Crippen LogP contribution is 2.35. The number of para-hydroxylation sites is 1. The SMILES string of the molecule is CC(N)C1CCCCN1CC1COc2ccccc21. The number of fused-ring (bicyclic) bond motifs is 1. The summed E-state index contributed by atoms with van der Waals surface area (Å²) in [6.45, 7) is 5.23. The van der Waals surface area contributed by atoms with Gasteiger partial charge in [0, 0.05) is 30.1 Å². The van der Waals surface area contributed by atoms with Crippen LogP contribution in [0.4, 0.5) is 0 Å². The minimum absolute atomic E-state index is 0.262. The number of hydrogen-bond donors (Lipinski definition) is 1. The van der Waals surface area contributed by atoms with E-state index in [-0.39, 0.29) is 6.04 Å². The average Bonchev–Trinajstić information content (AvgIpc) is 2.83. The molecule has 104 valence electrons. The Bertz CT molecular complexity index is 433. The number of benzene rings is 1. The van der Waals surface area contributed by atoms with Gasteiger partial charge in [0.15, 0.2) is 0 Å². The van der Waals surface area contributed by atoms with Gasteiger partial charge in [0.2, 0.25) is 0 Å². The maximum atomic E-state index is 6.15. The molecule has 0 amide bonds. The third-order valence-electron chi connectivity index (χ3n) is 4.52. The molecule has 2 N–H and O–H groups in total. The number of piperidine rings is 1. The van der Waals surface area contributed by atoms with Crippen LogP contribution in [0.15, 0.2) is 24.3 Å².